The Morgan fingerprint density at radius 1 is 1.33 bits per heavy atom. The lowest BCUT2D eigenvalue weighted by Gasteiger charge is -2.03. The van der Waals surface area contributed by atoms with Crippen molar-refractivity contribution in [2.45, 2.75) is 6.92 Å². The van der Waals surface area contributed by atoms with Crippen LogP contribution < -0.4 is 4.74 Å². The number of esters is 1. The van der Waals surface area contributed by atoms with Crippen molar-refractivity contribution in [2.24, 2.45) is 0 Å². The van der Waals surface area contributed by atoms with Crippen LogP contribution in [0.3, 0.4) is 0 Å². The van der Waals surface area contributed by atoms with Gasteiger partial charge >= 0.3 is 5.97 Å². The summed E-state index contributed by atoms with van der Waals surface area (Å²) in [5, 5.41) is 1.80. The van der Waals surface area contributed by atoms with Gasteiger partial charge in [-0.05, 0) is 48.2 Å². The van der Waals surface area contributed by atoms with E-state index in [4.69, 9.17) is 21.7 Å². The third-order valence-electron chi connectivity index (χ3n) is 2.59. The quantitative estimate of drug-likeness (QED) is 0.347. The SMILES string of the molecule is CCOC(=O)C1=CS/C(=C/C(=S)c2ccc(OC)cc2)S1. The van der Waals surface area contributed by atoms with Gasteiger partial charge in [-0.3, -0.25) is 0 Å². The van der Waals surface area contributed by atoms with Crippen LogP contribution in [0.5, 0.6) is 5.75 Å². The predicted molar refractivity (Wildman–Crippen MR) is 92.7 cm³/mol. The molecule has 1 aliphatic heterocycles. The molecule has 0 unspecified atom stereocenters. The number of ether oxygens (including phenoxy) is 2. The maximum Gasteiger partial charge on any atom is 0.345 e. The highest BCUT2D eigenvalue weighted by Gasteiger charge is 2.20. The van der Waals surface area contributed by atoms with Crippen LogP contribution in [0.15, 0.2) is 44.9 Å². The van der Waals surface area contributed by atoms with Gasteiger partial charge < -0.3 is 9.47 Å². The summed E-state index contributed by atoms with van der Waals surface area (Å²) in [5.74, 6) is 0.513. The lowest BCUT2D eigenvalue weighted by molar-refractivity contribution is -0.137. The van der Waals surface area contributed by atoms with Crippen LogP contribution in [-0.4, -0.2) is 24.6 Å². The van der Waals surface area contributed by atoms with Crippen LogP contribution in [0.25, 0.3) is 0 Å². The van der Waals surface area contributed by atoms with Gasteiger partial charge in [0.2, 0.25) is 0 Å². The molecular weight excluding hydrogens is 324 g/mol. The molecule has 3 nitrogen and oxygen atoms in total. The Labute approximate surface area is 137 Å². The van der Waals surface area contributed by atoms with Crippen LogP contribution in [0.1, 0.15) is 12.5 Å². The molecule has 0 bridgehead atoms. The van der Waals surface area contributed by atoms with Gasteiger partial charge in [-0.25, -0.2) is 4.79 Å². The summed E-state index contributed by atoms with van der Waals surface area (Å²) in [7, 11) is 1.63. The second-order valence-corrected chi connectivity index (χ2v) is 6.67. The summed E-state index contributed by atoms with van der Waals surface area (Å²) in [6.45, 7) is 2.17. The predicted octanol–water partition coefficient (Wildman–Crippen LogP) is 4.14. The molecule has 1 heterocycles. The first-order valence-corrected chi connectivity index (χ1v) is 8.36. The second-order valence-electron chi connectivity index (χ2n) is 3.98. The molecule has 1 aliphatic rings. The topological polar surface area (TPSA) is 35.5 Å². The summed E-state index contributed by atoms with van der Waals surface area (Å²) >= 11 is 8.28. The lowest BCUT2D eigenvalue weighted by Crippen LogP contribution is -2.03. The molecule has 0 aromatic heterocycles. The number of carbonyl (C=O) groups excluding carboxylic acids is 1. The van der Waals surface area contributed by atoms with Crippen molar-refractivity contribution in [3.8, 4) is 5.75 Å². The number of thioether (sulfide) groups is 2. The first-order chi connectivity index (χ1) is 10.1. The zero-order valence-electron chi connectivity index (χ0n) is 11.6. The van der Waals surface area contributed by atoms with Gasteiger partial charge in [0.25, 0.3) is 0 Å². The van der Waals surface area contributed by atoms with Gasteiger partial charge in [0.15, 0.2) is 0 Å². The second kappa shape index (κ2) is 7.68. The minimum atomic E-state index is -0.284. The van der Waals surface area contributed by atoms with Crippen LogP contribution in [0.4, 0.5) is 0 Å². The molecule has 6 heteroatoms. The molecule has 2 rings (SSSR count). The summed E-state index contributed by atoms with van der Waals surface area (Å²) in [4.78, 5) is 12.9. The van der Waals surface area contributed by atoms with Crippen LogP contribution >= 0.6 is 35.7 Å². The Morgan fingerprint density at radius 3 is 2.67 bits per heavy atom. The Bertz CT molecular complexity index is 603. The van der Waals surface area contributed by atoms with Crippen molar-refractivity contribution >= 4 is 46.6 Å². The molecular formula is C15H14O3S3. The van der Waals surface area contributed by atoms with E-state index in [0.29, 0.717) is 11.5 Å². The third-order valence-corrected chi connectivity index (χ3v) is 5.16. The largest absolute Gasteiger partial charge is 0.497 e. The highest BCUT2D eigenvalue weighted by Crippen LogP contribution is 2.44. The van der Waals surface area contributed by atoms with Gasteiger partial charge in [-0.2, -0.15) is 0 Å². The number of hydrogen-bond donors (Lipinski definition) is 0. The van der Waals surface area contributed by atoms with Gasteiger partial charge in [0.1, 0.15) is 10.7 Å². The molecule has 0 N–H and O–H groups in total. The summed E-state index contributed by atoms with van der Waals surface area (Å²) in [6.07, 6.45) is 1.90. The Balaban J connectivity index is 2.01. The van der Waals surface area contributed by atoms with E-state index in [-0.39, 0.29) is 5.97 Å². The minimum Gasteiger partial charge on any atom is -0.497 e. The van der Waals surface area contributed by atoms with E-state index in [9.17, 15) is 4.79 Å². The maximum atomic E-state index is 11.6. The number of methoxy groups -OCH3 is 1. The number of rotatable bonds is 5. The summed E-state index contributed by atoms with van der Waals surface area (Å²) in [5.41, 5.74) is 0.948. The molecule has 0 saturated heterocycles. The first-order valence-electron chi connectivity index (χ1n) is 6.26. The van der Waals surface area contributed by atoms with E-state index in [1.54, 1.807) is 19.4 Å². The maximum absolute atomic E-state index is 11.6. The molecule has 0 saturated carbocycles. The fourth-order valence-corrected chi connectivity index (χ4v) is 3.96. The number of carbonyl (C=O) groups is 1. The minimum absolute atomic E-state index is 0.284. The van der Waals surface area contributed by atoms with Crippen molar-refractivity contribution < 1.29 is 14.3 Å². The van der Waals surface area contributed by atoms with Crippen LogP contribution in [0.2, 0.25) is 0 Å². The molecule has 0 atom stereocenters. The summed E-state index contributed by atoms with van der Waals surface area (Å²) < 4.78 is 11.1. The fraction of sp³-hybridized carbons (Fsp3) is 0.200. The van der Waals surface area contributed by atoms with Gasteiger partial charge in [-0.1, -0.05) is 35.7 Å². The van der Waals surface area contributed by atoms with E-state index in [1.165, 1.54) is 23.5 Å². The number of benzene rings is 1. The first kappa shape index (κ1) is 16.1. The molecule has 1 aromatic rings. The highest BCUT2D eigenvalue weighted by atomic mass is 32.2. The fourth-order valence-electron chi connectivity index (χ4n) is 1.57. The van der Waals surface area contributed by atoms with E-state index < -0.39 is 0 Å². The normalized spacial score (nSPS) is 15.7. The van der Waals surface area contributed by atoms with E-state index in [0.717, 1.165) is 20.4 Å². The Hall–Kier alpha value is -1.24. The zero-order chi connectivity index (χ0) is 15.2. The van der Waals surface area contributed by atoms with Crippen LogP contribution in [0, 0.1) is 0 Å². The molecule has 110 valence electrons. The summed E-state index contributed by atoms with van der Waals surface area (Å²) in [6, 6.07) is 7.58. The average molecular weight is 338 g/mol. The van der Waals surface area contributed by atoms with Crippen molar-refractivity contribution in [3.05, 3.63) is 50.5 Å². The number of allylic oxidation sites excluding steroid dienone is 1. The smallest absolute Gasteiger partial charge is 0.345 e. The average Bonchev–Trinajstić information content (AvgIpc) is 2.96. The molecule has 0 aliphatic carbocycles. The van der Waals surface area contributed by atoms with Gasteiger partial charge in [0.05, 0.1) is 18.0 Å². The van der Waals surface area contributed by atoms with Crippen molar-refractivity contribution in [1.29, 1.82) is 0 Å². The van der Waals surface area contributed by atoms with Crippen molar-refractivity contribution in [1.82, 2.24) is 0 Å². The van der Waals surface area contributed by atoms with E-state index in [1.807, 2.05) is 30.3 Å². The number of hydrogen-bond acceptors (Lipinski definition) is 6. The molecule has 1 aromatic carbocycles. The molecule has 0 spiro atoms. The molecule has 0 radical (unpaired) electrons. The standard InChI is InChI=1S/C15H14O3S3/c1-3-18-15(16)13-9-20-14(21-13)8-12(19)10-4-6-11(17-2)7-5-10/h4-9H,3H2,1-2H3/b14-8-. The lowest BCUT2D eigenvalue weighted by atomic mass is 10.1. The third kappa shape index (κ3) is 4.36. The van der Waals surface area contributed by atoms with Crippen molar-refractivity contribution in [2.75, 3.05) is 13.7 Å². The highest BCUT2D eigenvalue weighted by molar-refractivity contribution is 8.28. The van der Waals surface area contributed by atoms with E-state index in [2.05, 4.69) is 0 Å². The van der Waals surface area contributed by atoms with E-state index >= 15 is 0 Å². The number of thiocarbonyl (C=S) groups is 1. The Kier molecular flexibility index (Phi) is 5.90. The molecule has 0 fully saturated rings. The zero-order valence-corrected chi connectivity index (χ0v) is 14.1. The van der Waals surface area contributed by atoms with Crippen LogP contribution in [-0.2, 0) is 9.53 Å². The van der Waals surface area contributed by atoms with Gasteiger partial charge in [0, 0.05) is 4.86 Å². The monoisotopic (exact) mass is 338 g/mol. The molecule has 0 amide bonds. The molecule has 21 heavy (non-hydrogen) atoms. The Morgan fingerprint density at radius 2 is 2.05 bits per heavy atom. The van der Waals surface area contributed by atoms with Crippen molar-refractivity contribution in [3.63, 3.8) is 0 Å². The van der Waals surface area contributed by atoms with Gasteiger partial charge in [-0.15, -0.1) is 0 Å².